The Bertz CT molecular complexity index is 74.0. The highest BCUT2D eigenvalue weighted by atomic mass is 35.5. The van der Waals surface area contributed by atoms with Crippen LogP contribution in [0.5, 0.6) is 0 Å². The van der Waals surface area contributed by atoms with Gasteiger partial charge in [-0.15, -0.1) is 24.8 Å². The van der Waals surface area contributed by atoms with Crippen LogP contribution in [0.2, 0.25) is 0 Å². The maximum absolute atomic E-state index is 10.3. The largest absolute Gasteiger partial charge is 0.300 e. The van der Waals surface area contributed by atoms with Crippen molar-refractivity contribution < 1.29 is 4.79 Å². The number of ketones is 1. The summed E-state index contributed by atoms with van der Waals surface area (Å²) < 4.78 is 0. The Balaban J connectivity index is -0.000000245. The molecule has 0 spiro atoms. The fourth-order valence-corrected chi connectivity index (χ4v) is 0.624. The molecule has 0 heterocycles. The van der Waals surface area contributed by atoms with E-state index in [1.807, 2.05) is 0 Å². The second-order valence-electron chi connectivity index (χ2n) is 2.16. The van der Waals surface area contributed by atoms with Crippen LogP contribution in [0, 0.1) is 0 Å². The van der Waals surface area contributed by atoms with Gasteiger partial charge in [-0.3, -0.25) is 0 Å². The molecule has 0 aliphatic heterocycles. The lowest BCUT2D eigenvalue weighted by molar-refractivity contribution is -0.117. The number of halogens is 2. The highest BCUT2D eigenvalue weighted by Gasteiger charge is 1.89. The van der Waals surface area contributed by atoms with Crippen LogP contribution in [0.4, 0.5) is 0 Å². The molecule has 0 amide bonds. The summed E-state index contributed by atoms with van der Waals surface area (Å²) >= 11 is 0. The number of rotatable bonds is 4. The molecule has 0 rings (SSSR count). The van der Waals surface area contributed by atoms with E-state index < -0.39 is 0 Å². The standard InChI is InChI=1S/C7H14O.2ClH/c1-3-4-5-6-7(2)8;;/h3-6H2,1-2H3;2*1H. The number of carbonyl (C=O) groups excluding carboxylic acids is 1. The van der Waals surface area contributed by atoms with Crippen LogP contribution in [0.15, 0.2) is 0 Å². The highest BCUT2D eigenvalue weighted by molar-refractivity contribution is 5.85. The predicted octanol–water partition coefficient (Wildman–Crippen LogP) is 3.00. The quantitative estimate of drug-likeness (QED) is 0.618. The normalized spacial score (nSPS) is 7.40. The number of Topliss-reactive ketones (excluding diaryl/α,β-unsaturated/α-hetero) is 1. The SMILES string of the molecule is CCCCCC(C)=O.Cl.Cl. The van der Waals surface area contributed by atoms with Gasteiger partial charge >= 0.3 is 0 Å². The molecule has 0 N–H and O–H groups in total. The molecule has 0 aromatic rings. The van der Waals surface area contributed by atoms with Crippen LogP contribution in [-0.4, -0.2) is 5.78 Å². The molecule has 0 saturated carbocycles. The highest BCUT2D eigenvalue weighted by Crippen LogP contribution is 1.98. The summed E-state index contributed by atoms with van der Waals surface area (Å²) in [6, 6.07) is 0. The Hall–Kier alpha value is 0.250. The first-order valence-corrected chi connectivity index (χ1v) is 3.26. The Labute approximate surface area is 75.4 Å². The van der Waals surface area contributed by atoms with Crippen molar-refractivity contribution in [3.8, 4) is 0 Å². The first-order valence-electron chi connectivity index (χ1n) is 3.26. The molecule has 0 aliphatic rings. The van der Waals surface area contributed by atoms with Gasteiger partial charge in [-0.1, -0.05) is 19.8 Å². The van der Waals surface area contributed by atoms with Crippen LogP contribution in [0.3, 0.4) is 0 Å². The molecule has 0 aliphatic carbocycles. The first-order chi connectivity index (χ1) is 3.77. The maximum atomic E-state index is 10.3. The predicted molar refractivity (Wildman–Crippen MR) is 49.3 cm³/mol. The summed E-state index contributed by atoms with van der Waals surface area (Å²) in [5.74, 6) is 0.318. The first kappa shape index (κ1) is 16.7. The van der Waals surface area contributed by atoms with Crippen molar-refractivity contribution in [2.24, 2.45) is 0 Å². The number of hydrogen-bond donors (Lipinski definition) is 0. The second-order valence-corrected chi connectivity index (χ2v) is 2.16. The van der Waals surface area contributed by atoms with Crippen molar-refractivity contribution in [3.63, 3.8) is 0 Å². The van der Waals surface area contributed by atoms with Crippen molar-refractivity contribution in [2.75, 3.05) is 0 Å². The van der Waals surface area contributed by atoms with Crippen molar-refractivity contribution in [2.45, 2.75) is 39.5 Å². The fourth-order valence-electron chi connectivity index (χ4n) is 0.624. The van der Waals surface area contributed by atoms with Crippen molar-refractivity contribution in [1.29, 1.82) is 0 Å². The third-order valence-electron chi connectivity index (χ3n) is 1.13. The zero-order chi connectivity index (χ0) is 6.41. The summed E-state index contributed by atoms with van der Waals surface area (Å²) in [5.41, 5.74) is 0. The Morgan fingerprint density at radius 3 is 2.00 bits per heavy atom. The van der Waals surface area contributed by atoms with E-state index in [2.05, 4.69) is 6.92 Å². The van der Waals surface area contributed by atoms with E-state index in [0.717, 1.165) is 12.8 Å². The molecule has 0 atom stereocenters. The average Bonchev–Trinajstić information content (AvgIpc) is 1.66. The zero-order valence-corrected chi connectivity index (χ0v) is 8.19. The van der Waals surface area contributed by atoms with Gasteiger partial charge in [-0.05, 0) is 13.3 Å². The van der Waals surface area contributed by atoms with E-state index in [1.165, 1.54) is 12.8 Å². The summed E-state index contributed by atoms with van der Waals surface area (Å²) in [4.78, 5) is 10.3. The molecular weight excluding hydrogens is 171 g/mol. The van der Waals surface area contributed by atoms with E-state index in [-0.39, 0.29) is 24.8 Å². The number of carbonyl (C=O) groups is 1. The van der Waals surface area contributed by atoms with Crippen molar-refractivity contribution >= 4 is 30.6 Å². The van der Waals surface area contributed by atoms with E-state index >= 15 is 0 Å². The minimum atomic E-state index is 0. The van der Waals surface area contributed by atoms with E-state index in [0.29, 0.717) is 5.78 Å². The zero-order valence-electron chi connectivity index (χ0n) is 6.55. The number of unbranched alkanes of at least 4 members (excludes halogenated alkanes) is 2. The van der Waals surface area contributed by atoms with E-state index in [1.54, 1.807) is 6.92 Å². The molecule has 1 nitrogen and oxygen atoms in total. The molecule has 64 valence electrons. The Morgan fingerprint density at radius 2 is 1.70 bits per heavy atom. The van der Waals surface area contributed by atoms with Gasteiger partial charge < -0.3 is 4.79 Å². The van der Waals surface area contributed by atoms with Gasteiger partial charge in [0, 0.05) is 6.42 Å². The molecule has 10 heavy (non-hydrogen) atoms. The van der Waals surface area contributed by atoms with E-state index in [9.17, 15) is 4.79 Å². The van der Waals surface area contributed by atoms with E-state index in [4.69, 9.17) is 0 Å². The molecule has 0 radical (unpaired) electrons. The van der Waals surface area contributed by atoms with Crippen molar-refractivity contribution in [1.82, 2.24) is 0 Å². The lowest BCUT2D eigenvalue weighted by Gasteiger charge is -1.90. The van der Waals surface area contributed by atoms with Gasteiger partial charge in [0.05, 0.1) is 0 Å². The second kappa shape index (κ2) is 12.0. The van der Waals surface area contributed by atoms with Crippen LogP contribution >= 0.6 is 24.8 Å². The molecular formula is C7H16Cl2O. The van der Waals surface area contributed by atoms with Gasteiger partial charge in [-0.2, -0.15) is 0 Å². The molecule has 3 heteroatoms. The van der Waals surface area contributed by atoms with Gasteiger partial charge in [0.15, 0.2) is 0 Å². The van der Waals surface area contributed by atoms with Gasteiger partial charge in [0.25, 0.3) is 0 Å². The minimum Gasteiger partial charge on any atom is -0.300 e. The van der Waals surface area contributed by atoms with Crippen LogP contribution in [0.25, 0.3) is 0 Å². The summed E-state index contributed by atoms with van der Waals surface area (Å²) in [6.45, 7) is 3.79. The van der Waals surface area contributed by atoms with Gasteiger partial charge in [-0.25, -0.2) is 0 Å². The Kier molecular flexibility index (Phi) is 20.0. The Morgan fingerprint density at radius 1 is 1.20 bits per heavy atom. The molecule has 0 aromatic heterocycles. The average molecular weight is 187 g/mol. The third-order valence-corrected chi connectivity index (χ3v) is 1.13. The van der Waals surface area contributed by atoms with Crippen molar-refractivity contribution in [3.05, 3.63) is 0 Å². The topological polar surface area (TPSA) is 17.1 Å². The summed E-state index contributed by atoms with van der Waals surface area (Å²) in [6.07, 6.45) is 4.24. The molecule has 0 bridgehead atoms. The maximum Gasteiger partial charge on any atom is 0.129 e. The number of hydrogen-bond acceptors (Lipinski definition) is 1. The van der Waals surface area contributed by atoms with Gasteiger partial charge in [0.2, 0.25) is 0 Å². The molecule has 0 aromatic carbocycles. The molecule has 0 fully saturated rings. The summed E-state index contributed by atoms with van der Waals surface area (Å²) in [7, 11) is 0. The monoisotopic (exact) mass is 186 g/mol. The minimum absolute atomic E-state index is 0. The van der Waals surface area contributed by atoms with Crippen LogP contribution in [0.1, 0.15) is 39.5 Å². The van der Waals surface area contributed by atoms with Gasteiger partial charge in [0.1, 0.15) is 5.78 Å². The molecule has 0 unspecified atom stereocenters. The van der Waals surface area contributed by atoms with Crippen LogP contribution in [-0.2, 0) is 4.79 Å². The smallest absolute Gasteiger partial charge is 0.129 e. The third kappa shape index (κ3) is 15.7. The fraction of sp³-hybridized carbons (Fsp3) is 0.857. The lowest BCUT2D eigenvalue weighted by Crippen LogP contribution is -1.87. The molecule has 0 saturated heterocycles. The lowest BCUT2D eigenvalue weighted by atomic mass is 10.2. The van der Waals surface area contributed by atoms with Crippen LogP contribution < -0.4 is 0 Å². The summed E-state index contributed by atoms with van der Waals surface area (Å²) in [5, 5.41) is 0.